The SMILES string of the molecule is CC(C)c1nc(/C=N/O)n(C)c1Sc1cc(F)cc(F)c1. The largest absolute Gasteiger partial charge is 0.411 e. The molecule has 21 heavy (non-hydrogen) atoms. The second-order valence-corrected chi connectivity index (χ2v) is 5.89. The summed E-state index contributed by atoms with van der Waals surface area (Å²) in [5.74, 6) is -0.649. The zero-order valence-corrected chi connectivity index (χ0v) is 12.7. The summed E-state index contributed by atoms with van der Waals surface area (Å²) in [6.45, 7) is 3.94. The first-order valence-corrected chi connectivity index (χ1v) is 7.12. The van der Waals surface area contributed by atoms with Crippen LogP contribution in [-0.4, -0.2) is 21.0 Å². The van der Waals surface area contributed by atoms with Gasteiger partial charge >= 0.3 is 0 Å². The van der Waals surface area contributed by atoms with Crippen LogP contribution in [0.3, 0.4) is 0 Å². The minimum atomic E-state index is -0.622. The topological polar surface area (TPSA) is 50.4 Å². The Morgan fingerprint density at radius 3 is 2.43 bits per heavy atom. The number of imidazole rings is 1. The average molecular weight is 311 g/mol. The number of halogens is 2. The first-order chi connectivity index (χ1) is 9.92. The van der Waals surface area contributed by atoms with Gasteiger partial charge in [0.15, 0.2) is 5.82 Å². The standard InChI is InChI=1S/C14H15F2N3OS/c1-8(2)13-14(19(3)12(18-13)7-17-20)21-11-5-9(15)4-10(16)6-11/h4-8,20H,1-3H3/b17-7+. The number of hydrogen-bond acceptors (Lipinski definition) is 4. The first-order valence-electron chi connectivity index (χ1n) is 6.30. The van der Waals surface area contributed by atoms with Gasteiger partial charge in [0.25, 0.3) is 0 Å². The third kappa shape index (κ3) is 3.41. The summed E-state index contributed by atoms with van der Waals surface area (Å²) in [5, 5.41) is 12.4. The van der Waals surface area contributed by atoms with Gasteiger partial charge in [-0.2, -0.15) is 0 Å². The van der Waals surface area contributed by atoms with Gasteiger partial charge in [-0.3, -0.25) is 0 Å². The summed E-state index contributed by atoms with van der Waals surface area (Å²) >= 11 is 1.22. The first kappa shape index (κ1) is 15.5. The maximum absolute atomic E-state index is 13.3. The van der Waals surface area contributed by atoms with Crippen molar-refractivity contribution in [2.75, 3.05) is 0 Å². The molecule has 7 heteroatoms. The second-order valence-electron chi connectivity index (χ2n) is 4.83. The maximum Gasteiger partial charge on any atom is 0.155 e. The lowest BCUT2D eigenvalue weighted by Crippen LogP contribution is -1.98. The minimum absolute atomic E-state index is 0.123. The Balaban J connectivity index is 2.47. The van der Waals surface area contributed by atoms with Gasteiger partial charge in [-0.05, 0) is 18.1 Å². The molecule has 0 atom stereocenters. The molecule has 0 saturated heterocycles. The molecular weight excluding hydrogens is 296 g/mol. The zero-order chi connectivity index (χ0) is 15.6. The highest BCUT2D eigenvalue weighted by molar-refractivity contribution is 7.99. The van der Waals surface area contributed by atoms with Gasteiger partial charge in [0.05, 0.1) is 5.69 Å². The van der Waals surface area contributed by atoms with Crippen molar-refractivity contribution in [3.63, 3.8) is 0 Å². The molecule has 112 valence electrons. The van der Waals surface area contributed by atoms with E-state index in [-0.39, 0.29) is 5.92 Å². The van der Waals surface area contributed by atoms with Crippen molar-refractivity contribution in [3.8, 4) is 0 Å². The summed E-state index contributed by atoms with van der Waals surface area (Å²) in [6.07, 6.45) is 1.22. The van der Waals surface area contributed by atoms with E-state index in [2.05, 4.69) is 10.1 Å². The Morgan fingerprint density at radius 1 is 1.29 bits per heavy atom. The fourth-order valence-corrected chi connectivity index (χ4v) is 3.07. The van der Waals surface area contributed by atoms with Crippen LogP contribution in [0.15, 0.2) is 33.3 Å². The van der Waals surface area contributed by atoms with E-state index in [1.54, 1.807) is 11.6 Å². The van der Waals surface area contributed by atoms with Gasteiger partial charge in [0.1, 0.15) is 22.9 Å². The van der Waals surface area contributed by atoms with Gasteiger partial charge in [-0.1, -0.05) is 30.8 Å². The van der Waals surface area contributed by atoms with Crippen molar-refractivity contribution in [2.45, 2.75) is 29.7 Å². The fraction of sp³-hybridized carbons (Fsp3) is 0.286. The number of oxime groups is 1. The highest BCUT2D eigenvalue weighted by Crippen LogP contribution is 2.34. The zero-order valence-electron chi connectivity index (χ0n) is 11.8. The van der Waals surface area contributed by atoms with E-state index in [4.69, 9.17) is 5.21 Å². The Hall–Kier alpha value is -1.89. The summed E-state index contributed by atoms with van der Waals surface area (Å²) in [7, 11) is 1.76. The van der Waals surface area contributed by atoms with E-state index >= 15 is 0 Å². The summed E-state index contributed by atoms with van der Waals surface area (Å²) < 4.78 is 28.3. The normalized spacial score (nSPS) is 11.7. The molecule has 1 N–H and O–H groups in total. The van der Waals surface area contributed by atoms with Crippen molar-refractivity contribution < 1.29 is 14.0 Å². The lowest BCUT2D eigenvalue weighted by molar-refractivity contribution is 0.321. The number of hydrogen-bond donors (Lipinski definition) is 1. The number of rotatable bonds is 4. The molecule has 0 aliphatic carbocycles. The van der Waals surface area contributed by atoms with E-state index in [0.29, 0.717) is 10.7 Å². The second kappa shape index (κ2) is 6.26. The highest BCUT2D eigenvalue weighted by atomic mass is 32.2. The molecule has 0 radical (unpaired) electrons. The molecule has 0 unspecified atom stereocenters. The molecule has 2 rings (SSSR count). The Morgan fingerprint density at radius 2 is 1.90 bits per heavy atom. The van der Waals surface area contributed by atoms with E-state index in [1.165, 1.54) is 30.1 Å². The molecule has 4 nitrogen and oxygen atoms in total. The molecule has 0 bridgehead atoms. The van der Waals surface area contributed by atoms with E-state index in [0.717, 1.165) is 16.8 Å². The summed E-state index contributed by atoms with van der Waals surface area (Å²) in [4.78, 5) is 4.83. The smallest absolute Gasteiger partial charge is 0.155 e. The molecule has 0 fully saturated rings. The Bertz CT molecular complexity index is 663. The predicted molar refractivity (Wildman–Crippen MR) is 77.2 cm³/mol. The Labute approximate surface area is 125 Å². The molecule has 1 aromatic carbocycles. The van der Waals surface area contributed by atoms with Crippen LogP contribution in [-0.2, 0) is 7.05 Å². The van der Waals surface area contributed by atoms with Crippen LogP contribution >= 0.6 is 11.8 Å². The van der Waals surface area contributed by atoms with Gasteiger partial charge in [0.2, 0.25) is 0 Å². The van der Waals surface area contributed by atoms with Crippen molar-refractivity contribution in [3.05, 3.63) is 41.4 Å². The van der Waals surface area contributed by atoms with Gasteiger partial charge in [-0.25, -0.2) is 13.8 Å². The van der Waals surface area contributed by atoms with Crippen LogP contribution < -0.4 is 0 Å². The molecule has 0 amide bonds. The van der Waals surface area contributed by atoms with Gasteiger partial charge in [0, 0.05) is 18.0 Å². The summed E-state index contributed by atoms with van der Waals surface area (Å²) in [5.41, 5.74) is 0.780. The lowest BCUT2D eigenvalue weighted by atomic mass is 10.2. The van der Waals surface area contributed by atoms with Crippen LogP contribution in [0.2, 0.25) is 0 Å². The summed E-state index contributed by atoms with van der Waals surface area (Å²) in [6, 6.07) is 3.37. The number of nitrogens with zero attached hydrogens (tertiary/aromatic N) is 3. The maximum atomic E-state index is 13.3. The van der Waals surface area contributed by atoms with Gasteiger partial charge < -0.3 is 9.77 Å². The molecule has 1 aromatic heterocycles. The molecule has 0 saturated carbocycles. The van der Waals surface area contributed by atoms with Crippen molar-refractivity contribution in [1.29, 1.82) is 0 Å². The predicted octanol–water partition coefficient (Wildman–Crippen LogP) is 3.78. The van der Waals surface area contributed by atoms with Crippen molar-refractivity contribution in [2.24, 2.45) is 12.2 Å². The number of benzene rings is 1. The minimum Gasteiger partial charge on any atom is -0.411 e. The number of aromatic nitrogens is 2. The molecular formula is C14H15F2N3OS. The lowest BCUT2D eigenvalue weighted by Gasteiger charge is -2.08. The van der Waals surface area contributed by atoms with Crippen molar-refractivity contribution in [1.82, 2.24) is 9.55 Å². The van der Waals surface area contributed by atoms with Crippen molar-refractivity contribution >= 4 is 18.0 Å². The van der Waals surface area contributed by atoms with E-state index in [9.17, 15) is 8.78 Å². The third-order valence-electron chi connectivity index (χ3n) is 2.87. The third-order valence-corrected chi connectivity index (χ3v) is 4.02. The molecule has 0 aliphatic rings. The van der Waals surface area contributed by atoms with Gasteiger partial charge in [-0.15, -0.1) is 0 Å². The average Bonchev–Trinajstić information content (AvgIpc) is 2.67. The van der Waals surface area contributed by atoms with Crippen LogP contribution in [0.25, 0.3) is 0 Å². The van der Waals surface area contributed by atoms with Crippen LogP contribution in [0, 0.1) is 11.6 Å². The van der Waals surface area contributed by atoms with Crippen LogP contribution in [0.5, 0.6) is 0 Å². The highest BCUT2D eigenvalue weighted by Gasteiger charge is 2.18. The molecule has 0 spiro atoms. The van der Waals surface area contributed by atoms with E-state index in [1.807, 2.05) is 13.8 Å². The monoisotopic (exact) mass is 311 g/mol. The van der Waals surface area contributed by atoms with Crippen LogP contribution in [0.1, 0.15) is 31.3 Å². The fourth-order valence-electron chi connectivity index (χ4n) is 1.89. The van der Waals surface area contributed by atoms with Crippen LogP contribution in [0.4, 0.5) is 8.78 Å². The molecule has 1 heterocycles. The Kier molecular flexibility index (Phi) is 4.62. The van der Waals surface area contributed by atoms with E-state index < -0.39 is 11.6 Å². The molecule has 2 aromatic rings. The quantitative estimate of drug-likeness (QED) is 0.531. The molecule has 0 aliphatic heterocycles.